The molecular formula is C17H15N3O5. The number of hydrogen-bond acceptors (Lipinski definition) is 6. The molecule has 0 bridgehead atoms. The second-order valence-corrected chi connectivity index (χ2v) is 6.05. The van der Waals surface area contributed by atoms with Crippen molar-refractivity contribution in [3.8, 4) is 5.75 Å². The van der Waals surface area contributed by atoms with Crippen LogP contribution in [0.2, 0.25) is 0 Å². The zero-order chi connectivity index (χ0) is 18.2. The monoisotopic (exact) mass is 341 g/mol. The van der Waals surface area contributed by atoms with Gasteiger partial charge in [-0.1, -0.05) is 6.07 Å². The van der Waals surface area contributed by atoms with E-state index in [2.05, 4.69) is 4.98 Å². The van der Waals surface area contributed by atoms with Gasteiger partial charge in [0, 0.05) is 18.3 Å². The molecule has 0 fully saturated rings. The summed E-state index contributed by atoms with van der Waals surface area (Å²) in [5.74, 6) is -0.516. The summed E-state index contributed by atoms with van der Waals surface area (Å²) in [7, 11) is 0. The Balaban J connectivity index is 2.02. The van der Waals surface area contributed by atoms with Crippen LogP contribution in [0.3, 0.4) is 0 Å². The minimum Gasteiger partial charge on any atom is -0.476 e. The van der Waals surface area contributed by atoms with Crippen molar-refractivity contribution in [1.29, 1.82) is 0 Å². The standard InChI is InChI=1S/C17H15N3O5/c1-17(2)16(22)19(10-14(21)12-5-3-4-8-18-12)13-9-11(20(23)24)6-7-15(13)25-17/h3-9H,10H2,1-2H3. The van der Waals surface area contributed by atoms with Crippen molar-refractivity contribution >= 4 is 23.1 Å². The zero-order valence-electron chi connectivity index (χ0n) is 13.6. The quantitative estimate of drug-likeness (QED) is 0.480. The van der Waals surface area contributed by atoms with Crippen LogP contribution in [0.5, 0.6) is 5.75 Å². The van der Waals surface area contributed by atoms with Crippen LogP contribution in [0.25, 0.3) is 0 Å². The van der Waals surface area contributed by atoms with Crippen molar-refractivity contribution in [3.05, 3.63) is 58.4 Å². The molecule has 3 rings (SSSR count). The number of amides is 1. The van der Waals surface area contributed by atoms with Crippen LogP contribution >= 0.6 is 0 Å². The average Bonchev–Trinajstić information content (AvgIpc) is 2.59. The minimum absolute atomic E-state index is 0.190. The maximum absolute atomic E-state index is 12.7. The van der Waals surface area contributed by atoms with E-state index in [4.69, 9.17) is 4.74 Å². The Morgan fingerprint density at radius 3 is 2.72 bits per heavy atom. The third kappa shape index (κ3) is 3.06. The van der Waals surface area contributed by atoms with Crippen molar-refractivity contribution < 1.29 is 19.2 Å². The van der Waals surface area contributed by atoms with E-state index < -0.39 is 16.4 Å². The van der Waals surface area contributed by atoms with Gasteiger partial charge >= 0.3 is 0 Å². The van der Waals surface area contributed by atoms with Gasteiger partial charge in [-0.2, -0.15) is 0 Å². The summed E-state index contributed by atoms with van der Waals surface area (Å²) in [5.41, 5.74) is -0.965. The molecule has 0 spiro atoms. The highest BCUT2D eigenvalue weighted by molar-refractivity contribution is 6.09. The largest absolute Gasteiger partial charge is 0.476 e. The molecule has 0 aliphatic carbocycles. The van der Waals surface area contributed by atoms with E-state index in [-0.39, 0.29) is 29.4 Å². The van der Waals surface area contributed by atoms with E-state index >= 15 is 0 Å². The number of ether oxygens (including phenoxy) is 1. The van der Waals surface area contributed by atoms with Crippen LogP contribution in [0.1, 0.15) is 24.3 Å². The number of rotatable bonds is 4. The van der Waals surface area contributed by atoms with Crippen molar-refractivity contribution in [1.82, 2.24) is 4.98 Å². The molecule has 0 unspecified atom stereocenters. The van der Waals surface area contributed by atoms with Gasteiger partial charge in [0.15, 0.2) is 5.60 Å². The molecule has 8 heteroatoms. The van der Waals surface area contributed by atoms with Crippen LogP contribution in [0, 0.1) is 10.1 Å². The Hall–Kier alpha value is -3.29. The number of anilines is 1. The molecule has 8 nitrogen and oxygen atoms in total. The first-order valence-electron chi connectivity index (χ1n) is 7.53. The summed E-state index contributed by atoms with van der Waals surface area (Å²) >= 11 is 0. The highest BCUT2D eigenvalue weighted by Gasteiger charge is 2.42. The third-order valence-electron chi connectivity index (χ3n) is 3.82. The van der Waals surface area contributed by atoms with Crippen LogP contribution in [-0.4, -0.2) is 33.7 Å². The van der Waals surface area contributed by atoms with Gasteiger partial charge in [-0.25, -0.2) is 0 Å². The predicted molar refractivity (Wildman–Crippen MR) is 88.7 cm³/mol. The van der Waals surface area contributed by atoms with Gasteiger partial charge < -0.3 is 4.74 Å². The molecule has 128 valence electrons. The SMILES string of the molecule is CC1(C)Oc2ccc([N+](=O)[O-])cc2N(CC(=O)c2ccccn2)C1=O. The first-order valence-corrected chi connectivity index (χ1v) is 7.53. The smallest absolute Gasteiger partial charge is 0.271 e. The summed E-state index contributed by atoms with van der Waals surface area (Å²) in [6.45, 7) is 2.88. The van der Waals surface area contributed by atoms with E-state index in [1.54, 1.807) is 32.0 Å². The van der Waals surface area contributed by atoms with E-state index in [1.165, 1.54) is 29.3 Å². The number of benzene rings is 1. The highest BCUT2D eigenvalue weighted by Crippen LogP contribution is 2.39. The number of aromatic nitrogens is 1. The molecule has 2 heterocycles. The molecule has 0 radical (unpaired) electrons. The summed E-state index contributed by atoms with van der Waals surface area (Å²) in [6, 6.07) is 8.85. The van der Waals surface area contributed by atoms with E-state index in [0.29, 0.717) is 5.75 Å². The number of nitrogens with zero attached hydrogens (tertiary/aromatic N) is 3. The van der Waals surface area contributed by atoms with Crippen molar-refractivity contribution in [3.63, 3.8) is 0 Å². The average molecular weight is 341 g/mol. The Bertz CT molecular complexity index is 864. The molecule has 1 aliphatic rings. The number of ketones is 1. The topological polar surface area (TPSA) is 103 Å². The lowest BCUT2D eigenvalue weighted by molar-refractivity contribution is -0.384. The lowest BCUT2D eigenvalue weighted by Crippen LogP contribution is -2.53. The maximum Gasteiger partial charge on any atom is 0.271 e. The normalized spacial score (nSPS) is 15.3. The van der Waals surface area contributed by atoms with Crippen molar-refractivity contribution in [2.75, 3.05) is 11.4 Å². The van der Waals surface area contributed by atoms with Crippen molar-refractivity contribution in [2.24, 2.45) is 0 Å². The molecule has 0 saturated carbocycles. The number of fused-ring (bicyclic) bond motifs is 1. The number of non-ortho nitro benzene ring substituents is 1. The molecule has 25 heavy (non-hydrogen) atoms. The molecule has 1 amide bonds. The summed E-state index contributed by atoms with van der Waals surface area (Å²) in [5, 5.41) is 11.0. The third-order valence-corrected chi connectivity index (χ3v) is 3.82. The first-order chi connectivity index (χ1) is 11.8. The summed E-state index contributed by atoms with van der Waals surface area (Å²) in [4.78, 5) is 40.8. The van der Waals surface area contributed by atoms with Crippen LogP contribution in [0.4, 0.5) is 11.4 Å². The number of Topliss-reactive ketones (excluding diaryl/α,β-unsaturated/α-hetero) is 1. The fourth-order valence-electron chi connectivity index (χ4n) is 2.58. The predicted octanol–water partition coefficient (Wildman–Crippen LogP) is 2.38. The number of pyridine rings is 1. The van der Waals surface area contributed by atoms with E-state index in [1.807, 2.05) is 0 Å². The van der Waals surface area contributed by atoms with Gasteiger partial charge in [-0.15, -0.1) is 0 Å². The molecular weight excluding hydrogens is 326 g/mol. The molecule has 0 atom stereocenters. The van der Waals surface area contributed by atoms with E-state index in [9.17, 15) is 19.7 Å². The molecule has 1 aromatic heterocycles. The van der Waals surface area contributed by atoms with Gasteiger partial charge in [-0.3, -0.25) is 29.6 Å². The first kappa shape index (κ1) is 16.6. The number of hydrogen-bond donors (Lipinski definition) is 0. The molecule has 1 aliphatic heterocycles. The summed E-state index contributed by atoms with van der Waals surface area (Å²) < 4.78 is 5.64. The van der Waals surface area contributed by atoms with Crippen LogP contribution in [0.15, 0.2) is 42.6 Å². The number of nitro groups is 1. The molecule has 0 saturated heterocycles. The Labute approximate surface area is 143 Å². The maximum atomic E-state index is 12.7. The summed E-state index contributed by atoms with van der Waals surface area (Å²) in [6.07, 6.45) is 1.48. The highest BCUT2D eigenvalue weighted by atomic mass is 16.6. The number of carbonyl (C=O) groups excluding carboxylic acids is 2. The minimum atomic E-state index is -1.19. The zero-order valence-corrected chi connectivity index (χ0v) is 13.6. The Morgan fingerprint density at radius 1 is 1.32 bits per heavy atom. The molecule has 2 aromatic rings. The van der Waals surface area contributed by atoms with Crippen LogP contribution in [-0.2, 0) is 4.79 Å². The second-order valence-electron chi connectivity index (χ2n) is 6.05. The molecule has 0 N–H and O–H groups in total. The number of nitro benzene ring substituents is 1. The molecule has 1 aromatic carbocycles. The van der Waals surface area contributed by atoms with Gasteiger partial charge in [-0.05, 0) is 32.0 Å². The second kappa shape index (κ2) is 5.97. The Kier molecular flexibility index (Phi) is 3.96. The lowest BCUT2D eigenvalue weighted by Gasteiger charge is -2.38. The Morgan fingerprint density at radius 2 is 2.08 bits per heavy atom. The van der Waals surface area contributed by atoms with Gasteiger partial charge in [0.05, 0.1) is 17.2 Å². The lowest BCUT2D eigenvalue weighted by atomic mass is 10.0. The number of carbonyl (C=O) groups is 2. The van der Waals surface area contributed by atoms with Gasteiger partial charge in [0.25, 0.3) is 11.6 Å². The van der Waals surface area contributed by atoms with E-state index in [0.717, 1.165) is 0 Å². The fraction of sp³-hybridized carbons (Fsp3) is 0.235. The van der Waals surface area contributed by atoms with Gasteiger partial charge in [0.2, 0.25) is 5.78 Å². The van der Waals surface area contributed by atoms with Crippen LogP contribution < -0.4 is 9.64 Å². The van der Waals surface area contributed by atoms with Gasteiger partial charge in [0.1, 0.15) is 11.4 Å². The fourth-order valence-corrected chi connectivity index (χ4v) is 2.58. The van der Waals surface area contributed by atoms with Crippen molar-refractivity contribution in [2.45, 2.75) is 19.4 Å².